The lowest BCUT2D eigenvalue weighted by atomic mass is 10.3. The van der Waals surface area contributed by atoms with Crippen LogP contribution in [0, 0.1) is 3.57 Å². The number of methoxy groups -OCH3 is 1. The van der Waals surface area contributed by atoms with Crippen molar-refractivity contribution in [3.63, 3.8) is 0 Å². The summed E-state index contributed by atoms with van der Waals surface area (Å²) < 4.78 is 29.9. The van der Waals surface area contributed by atoms with Crippen molar-refractivity contribution in [2.75, 3.05) is 7.11 Å². The minimum Gasteiger partial charge on any atom is -0.495 e. The summed E-state index contributed by atoms with van der Waals surface area (Å²) in [6.45, 7) is 0. The van der Waals surface area contributed by atoms with E-state index < -0.39 is 6.43 Å². The molecule has 1 aromatic rings. The first-order chi connectivity index (χ1) is 6.07. The highest BCUT2D eigenvalue weighted by Gasteiger charge is 2.18. The Morgan fingerprint density at radius 3 is 2.69 bits per heavy atom. The van der Waals surface area contributed by atoms with E-state index in [1.165, 1.54) is 7.11 Å². The van der Waals surface area contributed by atoms with Gasteiger partial charge in [-0.3, -0.25) is 0 Å². The number of alkyl halides is 2. The number of aromatic nitrogens is 1. The topological polar surface area (TPSA) is 22.1 Å². The Balaban J connectivity index is 3.30. The number of ether oxygens (including phenoxy) is 1. The number of nitrogens with zero attached hydrogens (tertiary/aromatic N) is 1. The molecule has 72 valence electrons. The normalized spacial score (nSPS) is 10.6. The van der Waals surface area contributed by atoms with E-state index in [1.54, 1.807) is 0 Å². The van der Waals surface area contributed by atoms with Crippen LogP contribution in [-0.4, -0.2) is 12.1 Å². The fourth-order valence-electron chi connectivity index (χ4n) is 0.825. The first kappa shape index (κ1) is 10.9. The molecule has 6 heteroatoms. The third-order valence-electron chi connectivity index (χ3n) is 1.40. The molecule has 0 radical (unpaired) electrons. The third-order valence-corrected chi connectivity index (χ3v) is 3.01. The maximum absolute atomic E-state index is 12.4. The second-order valence-corrected chi connectivity index (χ2v) is 3.59. The van der Waals surface area contributed by atoms with Crippen molar-refractivity contribution < 1.29 is 13.5 Å². The average molecular weight is 319 g/mol. The fourth-order valence-corrected chi connectivity index (χ4v) is 1.63. The first-order valence-corrected chi connectivity index (χ1v) is 4.69. The molecule has 0 atom stereocenters. The maximum Gasteiger partial charge on any atom is 0.268 e. The smallest absolute Gasteiger partial charge is 0.268 e. The Hall–Kier alpha value is -0.170. The molecule has 13 heavy (non-hydrogen) atoms. The number of halogens is 4. The van der Waals surface area contributed by atoms with Gasteiger partial charge in [0.1, 0.15) is 10.9 Å². The molecule has 2 nitrogen and oxygen atoms in total. The van der Waals surface area contributed by atoms with E-state index in [-0.39, 0.29) is 16.5 Å². The van der Waals surface area contributed by atoms with Crippen LogP contribution in [0.5, 0.6) is 5.75 Å². The lowest BCUT2D eigenvalue weighted by Gasteiger charge is -2.09. The SMILES string of the molecule is COc1c(C(F)F)cnc(Cl)c1I. The minimum absolute atomic E-state index is 0.0931. The van der Waals surface area contributed by atoms with Gasteiger partial charge in [0.2, 0.25) is 0 Å². The van der Waals surface area contributed by atoms with Crippen LogP contribution >= 0.6 is 34.2 Å². The summed E-state index contributed by atoms with van der Waals surface area (Å²) in [4.78, 5) is 3.61. The van der Waals surface area contributed by atoms with Gasteiger partial charge in [0, 0.05) is 6.20 Å². The summed E-state index contributed by atoms with van der Waals surface area (Å²) in [5.74, 6) is 0.0931. The molecule has 0 bridgehead atoms. The van der Waals surface area contributed by atoms with Gasteiger partial charge in [-0.1, -0.05) is 11.6 Å². The van der Waals surface area contributed by atoms with E-state index in [9.17, 15) is 8.78 Å². The van der Waals surface area contributed by atoms with Crippen LogP contribution in [0.4, 0.5) is 8.78 Å². The van der Waals surface area contributed by atoms with Gasteiger partial charge in [-0.25, -0.2) is 13.8 Å². The zero-order valence-electron chi connectivity index (χ0n) is 6.52. The molecular weight excluding hydrogens is 314 g/mol. The number of pyridine rings is 1. The van der Waals surface area contributed by atoms with Crippen LogP contribution in [0.3, 0.4) is 0 Å². The highest BCUT2D eigenvalue weighted by molar-refractivity contribution is 14.1. The zero-order valence-corrected chi connectivity index (χ0v) is 9.44. The van der Waals surface area contributed by atoms with Gasteiger partial charge < -0.3 is 4.74 Å². The van der Waals surface area contributed by atoms with Gasteiger partial charge >= 0.3 is 0 Å². The summed E-state index contributed by atoms with van der Waals surface area (Å²) in [5, 5.41) is 0.168. The second-order valence-electron chi connectivity index (χ2n) is 2.15. The molecule has 1 rings (SSSR count). The molecule has 0 saturated heterocycles. The lowest BCUT2D eigenvalue weighted by Crippen LogP contribution is -1.97. The van der Waals surface area contributed by atoms with Gasteiger partial charge in [-0.15, -0.1) is 0 Å². The van der Waals surface area contributed by atoms with Crippen LogP contribution in [0.15, 0.2) is 6.20 Å². The average Bonchev–Trinajstić information content (AvgIpc) is 2.09. The number of hydrogen-bond donors (Lipinski definition) is 0. The Bertz CT molecular complexity index is 322. The van der Waals surface area contributed by atoms with Crippen molar-refractivity contribution >= 4 is 34.2 Å². The van der Waals surface area contributed by atoms with Crippen LogP contribution < -0.4 is 4.74 Å². The first-order valence-electron chi connectivity index (χ1n) is 3.24. The van der Waals surface area contributed by atoms with Crippen molar-refractivity contribution in [1.29, 1.82) is 0 Å². The van der Waals surface area contributed by atoms with Crippen molar-refractivity contribution in [1.82, 2.24) is 4.98 Å². The number of rotatable bonds is 2. The zero-order chi connectivity index (χ0) is 10.0. The van der Waals surface area contributed by atoms with Crippen molar-refractivity contribution in [3.05, 3.63) is 20.5 Å². The molecule has 0 spiro atoms. The Morgan fingerprint density at radius 1 is 1.62 bits per heavy atom. The molecule has 0 aliphatic heterocycles. The molecule has 0 unspecified atom stereocenters. The minimum atomic E-state index is -2.60. The van der Waals surface area contributed by atoms with Gasteiger partial charge in [0.15, 0.2) is 0 Å². The molecule has 0 saturated carbocycles. The molecule has 0 aliphatic carbocycles. The van der Waals surface area contributed by atoms with Gasteiger partial charge in [-0.05, 0) is 22.6 Å². The maximum atomic E-state index is 12.4. The molecule has 0 fully saturated rings. The van der Waals surface area contributed by atoms with Crippen LogP contribution in [0.2, 0.25) is 5.15 Å². The molecule has 0 N–H and O–H groups in total. The largest absolute Gasteiger partial charge is 0.495 e. The van der Waals surface area contributed by atoms with E-state index in [4.69, 9.17) is 16.3 Å². The summed E-state index contributed by atoms with van der Waals surface area (Å²) in [6.07, 6.45) is -1.58. The molecular formula is C7H5ClF2INO. The fraction of sp³-hybridized carbons (Fsp3) is 0.286. The van der Waals surface area contributed by atoms with Gasteiger partial charge in [0.05, 0.1) is 16.2 Å². The molecule has 0 aromatic carbocycles. The predicted octanol–water partition coefficient (Wildman–Crippen LogP) is 3.29. The summed E-state index contributed by atoms with van der Waals surface area (Å²) in [6, 6.07) is 0. The number of hydrogen-bond acceptors (Lipinski definition) is 2. The van der Waals surface area contributed by atoms with Crippen LogP contribution in [-0.2, 0) is 0 Å². The van der Waals surface area contributed by atoms with E-state index >= 15 is 0 Å². The van der Waals surface area contributed by atoms with Gasteiger partial charge in [-0.2, -0.15) is 0 Å². The quantitative estimate of drug-likeness (QED) is 0.616. The highest BCUT2D eigenvalue weighted by Crippen LogP contribution is 2.35. The summed E-state index contributed by atoms with van der Waals surface area (Å²) >= 11 is 7.44. The summed E-state index contributed by atoms with van der Waals surface area (Å²) in [7, 11) is 1.32. The Labute approximate surface area is 92.4 Å². The van der Waals surface area contributed by atoms with Crippen molar-refractivity contribution in [2.24, 2.45) is 0 Å². The van der Waals surface area contributed by atoms with Crippen LogP contribution in [0.25, 0.3) is 0 Å². The monoisotopic (exact) mass is 319 g/mol. The van der Waals surface area contributed by atoms with E-state index in [2.05, 4.69) is 4.98 Å². The van der Waals surface area contributed by atoms with Crippen molar-refractivity contribution in [2.45, 2.75) is 6.43 Å². The van der Waals surface area contributed by atoms with Gasteiger partial charge in [0.25, 0.3) is 6.43 Å². The van der Waals surface area contributed by atoms with E-state index in [0.29, 0.717) is 3.57 Å². The lowest BCUT2D eigenvalue weighted by molar-refractivity contribution is 0.146. The molecule has 0 aliphatic rings. The molecule has 1 heterocycles. The Morgan fingerprint density at radius 2 is 2.23 bits per heavy atom. The predicted molar refractivity (Wildman–Crippen MR) is 53.5 cm³/mol. The molecule has 0 amide bonds. The van der Waals surface area contributed by atoms with E-state index in [1.807, 2.05) is 22.6 Å². The van der Waals surface area contributed by atoms with Crippen molar-refractivity contribution in [3.8, 4) is 5.75 Å². The summed E-state index contributed by atoms with van der Waals surface area (Å²) in [5.41, 5.74) is -0.240. The second kappa shape index (κ2) is 4.36. The van der Waals surface area contributed by atoms with Crippen LogP contribution in [0.1, 0.15) is 12.0 Å². The third kappa shape index (κ3) is 2.19. The Kier molecular flexibility index (Phi) is 3.66. The standard InChI is InChI=1S/C7H5ClF2INO/c1-13-5-3(7(9)10)2-12-6(8)4(5)11/h2,7H,1H3. The molecule has 1 aromatic heterocycles. The highest BCUT2D eigenvalue weighted by atomic mass is 127. The van der Waals surface area contributed by atoms with E-state index in [0.717, 1.165) is 6.20 Å².